The maximum Gasteiger partial charge on any atom is 0.263 e. The van der Waals surface area contributed by atoms with E-state index < -0.39 is 0 Å². The molecule has 3 aromatic rings. The summed E-state index contributed by atoms with van der Waals surface area (Å²) in [5.74, 6) is 1.58. The van der Waals surface area contributed by atoms with Gasteiger partial charge in [0, 0.05) is 31.5 Å². The van der Waals surface area contributed by atoms with Crippen molar-refractivity contribution in [2.24, 2.45) is 5.92 Å². The first-order chi connectivity index (χ1) is 16.0. The molecule has 2 unspecified atom stereocenters. The van der Waals surface area contributed by atoms with Crippen LogP contribution in [0.25, 0.3) is 5.65 Å². The number of aryl methyl sites for hydroxylation is 2. The summed E-state index contributed by atoms with van der Waals surface area (Å²) in [5, 5.41) is 6.46. The summed E-state index contributed by atoms with van der Waals surface area (Å²) in [5.41, 5.74) is 2.68. The van der Waals surface area contributed by atoms with Crippen LogP contribution in [0.3, 0.4) is 0 Å². The van der Waals surface area contributed by atoms with Crippen LogP contribution in [0.4, 0.5) is 11.8 Å². The summed E-state index contributed by atoms with van der Waals surface area (Å²) in [4.78, 5) is 33.3. The molecule has 0 aromatic carbocycles. The molecule has 0 saturated carbocycles. The Kier molecular flexibility index (Phi) is 5.84. The number of hydrogen-bond donors (Lipinski definition) is 2. The molecule has 0 spiro atoms. The summed E-state index contributed by atoms with van der Waals surface area (Å²) in [6.07, 6.45) is 8.80. The Hall–Kier alpha value is -3.27. The number of nitrogens with zero attached hydrogens (tertiary/aromatic N) is 6. The van der Waals surface area contributed by atoms with E-state index in [2.05, 4.69) is 35.5 Å². The predicted molar refractivity (Wildman–Crippen MR) is 125 cm³/mol. The first kappa shape index (κ1) is 21.6. The van der Waals surface area contributed by atoms with Gasteiger partial charge >= 0.3 is 0 Å². The average molecular weight is 451 g/mol. The number of carbonyl (C=O) groups excluding carboxylic acids is 1. The first-order valence-electron chi connectivity index (χ1n) is 11.6. The van der Waals surface area contributed by atoms with Crippen molar-refractivity contribution in [2.75, 3.05) is 36.5 Å². The third-order valence-corrected chi connectivity index (χ3v) is 6.41. The van der Waals surface area contributed by atoms with Gasteiger partial charge in [0.15, 0.2) is 5.65 Å². The van der Waals surface area contributed by atoms with E-state index in [0.717, 1.165) is 43.1 Å². The molecule has 5 heterocycles. The molecule has 2 N–H and O–H groups in total. The number of nitrogens with one attached hydrogen (secondary N) is 2. The Balaban J connectivity index is 1.35. The van der Waals surface area contributed by atoms with Crippen LogP contribution < -0.4 is 20.3 Å². The molecule has 0 aliphatic carbocycles. The normalized spacial score (nSPS) is 20.5. The molecule has 10 nitrogen and oxygen atoms in total. The standard InChI is InChI=1S/C23H30N8O2/c1-4-33-22-17(21(32)28-19-13-31-11-14(2)26-20(31)15(3)27-19)10-25-23(29-22)30-9-7-16(12-30)18-6-5-8-24-18/h10-11,13,16,18,24H,4-9,12H2,1-3H3,(H,28,32). The molecule has 2 saturated heterocycles. The fourth-order valence-electron chi connectivity index (χ4n) is 4.84. The number of rotatable bonds is 6. The number of amides is 1. The van der Waals surface area contributed by atoms with Gasteiger partial charge in [-0.3, -0.25) is 4.79 Å². The molecular weight excluding hydrogens is 420 g/mol. The van der Waals surface area contributed by atoms with Crippen LogP contribution in [0.5, 0.6) is 5.88 Å². The van der Waals surface area contributed by atoms with E-state index >= 15 is 0 Å². The smallest absolute Gasteiger partial charge is 0.263 e. The predicted octanol–water partition coefficient (Wildman–Crippen LogP) is 2.37. The lowest BCUT2D eigenvalue weighted by Gasteiger charge is -2.21. The molecule has 2 aliphatic rings. The minimum atomic E-state index is -0.359. The van der Waals surface area contributed by atoms with Crippen LogP contribution in [0, 0.1) is 19.8 Å². The van der Waals surface area contributed by atoms with E-state index in [0.29, 0.717) is 36.2 Å². The van der Waals surface area contributed by atoms with Crippen molar-refractivity contribution in [3.8, 4) is 5.88 Å². The summed E-state index contributed by atoms with van der Waals surface area (Å²) in [7, 11) is 0. The minimum absolute atomic E-state index is 0.287. The van der Waals surface area contributed by atoms with Gasteiger partial charge < -0.3 is 24.7 Å². The van der Waals surface area contributed by atoms with Gasteiger partial charge in [0.25, 0.3) is 5.91 Å². The number of anilines is 2. The maximum atomic E-state index is 13.1. The molecule has 3 aromatic heterocycles. The zero-order valence-corrected chi connectivity index (χ0v) is 19.3. The van der Waals surface area contributed by atoms with Crippen molar-refractivity contribution < 1.29 is 9.53 Å². The molecule has 174 valence electrons. The highest BCUT2D eigenvalue weighted by Gasteiger charge is 2.32. The maximum absolute atomic E-state index is 13.1. The van der Waals surface area contributed by atoms with E-state index in [1.54, 1.807) is 12.4 Å². The zero-order chi connectivity index (χ0) is 22.9. The summed E-state index contributed by atoms with van der Waals surface area (Å²) < 4.78 is 7.59. The van der Waals surface area contributed by atoms with Crippen LogP contribution >= 0.6 is 0 Å². The van der Waals surface area contributed by atoms with Crippen LogP contribution in [0.15, 0.2) is 18.6 Å². The molecule has 0 bridgehead atoms. The Morgan fingerprint density at radius 1 is 1.24 bits per heavy atom. The molecule has 0 radical (unpaired) electrons. The molecular formula is C23H30N8O2. The van der Waals surface area contributed by atoms with Gasteiger partial charge in [-0.05, 0) is 52.5 Å². The van der Waals surface area contributed by atoms with Gasteiger partial charge in [-0.25, -0.2) is 15.0 Å². The number of carbonyl (C=O) groups is 1. The van der Waals surface area contributed by atoms with E-state index in [9.17, 15) is 4.79 Å². The number of ether oxygens (including phenoxy) is 1. The molecule has 33 heavy (non-hydrogen) atoms. The Bertz CT molecular complexity index is 1170. The molecule has 2 atom stereocenters. The zero-order valence-electron chi connectivity index (χ0n) is 19.3. The Labute approximate surface area is 192 Å². The third-order valence-electron chi connectivity index (χ3n) is 6.41. The van der Waals surface area contributed by atoms with Gasteiger partial charge in [0.1, 0.15) is 11.4 Å². The SMILES string of the molecule is CCOc1nc(N2CCC(C3CCCN3)C2)ncc1C(=O)Nc1cn2cc(C)nc2c(C)n1. The first-order valence-corrected chi connectivity index (χ1v) is 11.6. The van der Waals surface area contributed by atoms with Crippen molar-refractivity contribution in [3.05, 3.63) is 35.5 Å². The molecule has 1 amide bonds. The van der Waals surface area contributed by atoms with Gasteiger partial charge in [-0.15, -0.1) is 0 Å². The van der Waals surface area contributed by atoms with Crippen LogP contribution in [-0.4, -0.2) is 62.5 Å². The quantitative estimate of drug-likeness (QED) is 0.589. The van der Waals surface area contributed by atoms with E-state index in [1.807, 2.05) is 31.4 Å². The second-order valence-corrected chi connectivity index (χ2v) is 8.80. The van der Waals surface area contributed by atoms with Gasteiger partial charge in [-0.1, -0.05) is 0 Å². The lowest BCUT2D eigenvalue weighted by Crippen LogP contribution is -2.33. The van der Waals surface area contributed by atoms with Crippen molar-refractivity contribution >= 4 is 23.3 Å². The van der Waals surface area contributed by atoms with Gasteiger partial charge in [0.05, 0.1) is 24.2 Å². The number of imidazole rings is 1. The highest BCUT2D eigenvalue weighted by atomic mass is 16.5. The van der Waals surface area contributed by atoms with Crippen LogP contribution in [-0.2, 0) is 0 Å². The third kappa shape index (κ3) is 4.35. The fraction of sp³-hybridized carbons (Fsp3) is 0.522. The summed E-state index contributed by atoms with van der Waals surface area (Å²) >= 11 is 0. The van der Waals surface area contributed by atoms with Crippen molar-refractivity contribution in [3.63, 3.8) is 0 Å². The van der Waals surface area contributed by atoms with Gasteiger partial charge in [-0.2, -0.15) is 4.98 Å². The van der Waals surface area contributed by atoms with Crippen molar-refractivity contribution in [2.45, 2.75) is 46.1 Å². The van der Waals surface area contributed by atoms with E-state index in [1.165, 1.54) is 12.8 Å². The van der Waals surface area contributed by atoms with E-state index in [-0.39, 0.29) is 11.5 Å². The number of aromatic nitrogens is 5. The highest BCUT2D eigenvalue weighted by Crippen LogP contribution is 2.29. The molecule has 2 aliphatic heterocycles. The average Bonchev–Trinajstić information content (AvgIpc) is 3.54. The Morgan fingerprint density at radius 3 is 2.91 bits per heavy atom. The number of hydrogen-bond acceptors (Lipinski definition) is 8. The Morgan fingerprint density at radius 2 is 2.12 bits per heavy atom. The lowest BCUT2D eigenvalue weighted by molar-refractivity contribution is 0.102. The number of fused-ring (bicyclic) bond motifs is 1. The largest absolute Gasteiger partial charge is 0.477 e. The van der Waals surface area contributed by atoms with Crippen molar-refractivity contribution in [1.82, 2.24) is 29.7 Å². The highest BCUT2D eigenvalue weighted by molar-refractivity contribution is 6.05. The second-order valence-electron chi connectivity index (χ2n) is 8.80. The topological polar surface area (TPSA) is 110 Å². The van der Waals surface area contributed by atoms with Gasteiger partial charge in [0.2, 0.25) is 11.8 Å². The molecule has 5 rings (SSSR count). The van der Waals surface area contributed by atoms with E-state index in [4.69, 9.17) is 4.74 Å². The fourth-order valence-corrected chi connectivity index (χ4v) is 4.84. The lowest BCUT2D eigenvalue weighted by atomic mass is 9.98. The second kappa shape index (κ2) is 8.93. The minimum Gasteiger partial charge on any atom is -0.477 e. The summed E-state index contributed by atoms with van der Waals surface area (Å²) in [6, 6.07) is 0.582. The molecule has 10 heteroatoms. The monoisotopic (exact) mass is 450 g/mol. The van der Waals surface area contributed by atoms with Crippen molar-refractivity contribution in [1.29, 1.82) is 0 Å². The van der Waals surface area contributed by atoms with Crippen LogP contribution in [0.1, 0.15) is 47.9 Å². The summed E-state index contributed by atoms with van der Waals surface area (Å²) in [6.45, 7) is 9.01. The molecule has 2 fully saturated rings. The van der Waals surface area contributed by atoms with Crippen LogP contribution in [0.2, 0.25) is 0 Å².